The molecule has 0 atom stereocenters. The van der Waals surface area contributed by atoms with Crippen LogP contribution in [0.15, 0.2) is 0 Å². The van der Waals surface area contributed by atoms with Gasteiger partial charge in [0.05, 0.1) is 0 Å². The van der Waals surface area contributed by atoms with Crippen molar-refractivity contribution >= 4 is 11.7 Å². The quantitative estimate of drug-likeness (QED) is 0.378. The van der Waals surface area contributed by atoms with E-state index in [1.165, 1.54) is 0 Å². The molecule has 0 aliphatic rings. The Kier molecular flexibility index (Phi) is 5.08. The highest BCUT2D eigenvalue weighted by Crippen LogP contribution is 2.26. The topological polar surface area (TPSA) is 41.1 Å². The first-order chi connectivity index (χ1) is 8.90. The first-order valence-corrected chi connectivity index (χ1v) is 5.46. The molecule has 0 spiro atoms. The van der Waals surface area contributed by atoms with E-state index in [1.54, 1.807) is 5.32 Å². The number of benzene rings is 1. The van der Waals surface area contributed by atoms with Gasteiger partial charge < -0.3 is 10.6 Å². The van der Waals surface area contributed by atoms with Gasteiger partial charge in [-0.25, -0.2) is 26.7 Å². The van der Waals surface area contributed by atoms with E-state index >= 15 is 0 Å². The molecule has 8 heteroatoms. The Morgan fingerprint density at radius 2 is 1.42 bits per heavy atom. The third kappa shape index (κ3) is 3.33. The fourth-order valence-electron chi connectivity index (χ4n) is 1.25. The van der Waals surface area contributed by atoms with Gasteiger partial charge in [-0.05, 0) is 6.42 Å². The van der Waals surface area contributed by atoms with Crippen LogP contribution >= 0.6 is 0 Å². The SMILES string of the molecule is CCCCNC(=O)Nc1c(F)c(F)c(F)c(F)c1F. The predicted octanol–water partition coefficient (Wildman–Crippen LogP) is 3.30. The molecule has 0 aliphatic carbocycles. The summed E-state index contributed by atoms with van der Waals surface area (Å²) in [6.07, 6.45) is 1.38. The second kappa shape index (κ2) is 6.35. The van der Waals surface area contributed by atoms with Gasteiger partial charge in [0.25, 0.3) is 0 Å². The maximum atomic E-state index is 13.2. The van der Waals surface area contributed by atoms with Crippen molar-refractivity contribution in [2.45, 2.75) is 19.8 Å². The van der Waals surface area contributed by atoms with Crippen LogP contribution in [0.2, 0.25) is 0 Å². The number of amides is 2. The van der Waals surface area contributed by atoms with E-state index in [1.807, 2.05) is 6.92 Å². The Bertz CT molecular complexity index is 463. The molecule has 0 saturated heterocycles. The van der Waals surface area contributed by atoms with Crippen LogP contribution in [0, 0.1) is 29.1 Å². The van der Waals surface area contributed by atoms with Gasteiger partial charge in [-0.15, -0.1) is 0 Å². The third-order valence-corrected chi connectivity index (χ3v) is 2.26. The molecule has 0 unspecified atom stereocenters. The predicted molar refractivity (Wildman–Crippen MR) is 58.2 cm³/mol. The monoisotopic (exact) mass is 282 g/mol. The van der Waals surface area contributed by atoms with E-state index in [0.29, 0.717) is 6.42 Å². The van der Waals surface area contributed by atoms with E-state index < -0.39 is 40.8 Å². The summed E-state index contributed by atoms with van der Waals surface area (Å²) in [5, 5.41) is 3.82. The zero-order valence-electron chi connectivity index (χ0n) is 9.92. The van der Waals surface area contributed by atoms with Crippen molar-refractivity contribution in [2.24, 2.45) is 0 Å². The summed E-state index contributed by atoms with van der Waals surface area (Å²) < 4.78 is 64.8. The summed E-state index contributed by atoms with van der Waals surface area (Å²) in [7, 11) is 0. The Balaban J connectivity index is 2.93. The van der Waals surface area contributed by atoms with Gasteiger partial charge in [-0.2, -0.15) is 0 Å². The molecule has 3 nitrogen and oxygen atoms in total. The molecule has 19 heavy (non-hydrogen) atoms. The van der Waals surface area contributed by atoms with Crippen molar-refractivity contribution in [3.8, 4) is 0 Å². The van der Waals surface area contributed by atoms with E-state index in [4.69, 9.17) is 0 Å². The van der Waals surface area contributed by atoms with Gasteiger partial charge in [0, 0.05) is 6.54 Å². The molecule has 0 saturated carbocycles. The van der Waals surface area contributed by atoms with Crippen molar-refractivity contribution < 1.29 is 26.7 Å². The largest absolute Gasteiger partial charge is 0.338 e. The maximum Gasteiger partial charge on any atom is 0.319 e. The van der Waals surface area contributed by atoms with Crippen LogP contribution in [0.5, 0.6) is 0 Å². The first kappa shape index (κ1) is 15.2. The van der Waals surface area contributed by atoms with E-state index in [9.17, 15) is 26.7 Å². The lowest BCUT2D eigenvalue weighted by molar-refractivity contribution is 0.251. The van der Waals surface area contributed by atoms with Crippen LogP contribution in [0.4, 0.5) is 32.4 Å². The second-order valence-corrected chi connectivity index (χ2v) is 3.68. The Hall–Kier alpha value is -1.86. The summed E-state index contributed by atoms with van der Waals surface area (Å²) in [6.45, 7) is 2.07. The van der Waals surface area contributed by atoms with Crippen molar-refractivity contribution in [2.75, 3.05) is 11.9 Å². The number of carbonyl (C=O) groups excluding carboxylic acids is 1. The zero-order chi connectivity index (χ0) is 14.6. The van der Waals surface area contributed by atoms with Gasteiger partial charge in [0.1, 0.15) is 5.69 Å². The highest BCUT2D eigenvalue weighted by molar-refractivity contribution is 5.89. The molecule has 0 radical (unpaired) electrons. The normalized spacial score (nSPS) is 10.4. The molecule has 0 heterocycles. The van der Waals surface area contributed by atoms with Gasteiger partial charge in [-0.1, -0.05) is 13.3 Å². The number of nitrogens with one attached hydrogen (secondary N) is 2. The minimum atomic E-state index is -2.27. The first-order valence-electron chi connectivity index (χ1n) is 5.46. The Morgan fingerprint density at radius 1 is 0.947 bits per heavy atom. The molecule has 2 N–H and O–H groups in total. The number of halogens is 5. The molecule has 106 valence electrons. The lowest BCUT2D eigenvalue weighted by atomic mass is 10.2. The van der Waals surface area contributed by atoms with Crippen molar-refractivity contribution in [3.63, 3.8) is 0 Å². The fraction of sp³-hybridized carbons (Fsp3) is 0.364. The number of hydrogen-bond donors (Lipinski definition) is 2. The summed E-state index contributed by atoms with van der Waals surface area (Å²) in [6, 6.07) is -1.04. The number of rotatable bonds is 4. The molecule has 0 fully saturated rings. The van der Waals surface area contributed by atoms with Gasteiger partial charge in [0.15, 0.2) is 23.3 Å². The standard InChI is InChI=1S/C11H11F5N2O/c1-2-3-4-17-11(19)18-10-8(15)6(13)5(12)7(14)9(10)16/h2-4H2,1H3,(H2,17,18,19). The summed E-state index contributed by atoms with van der Waals surface area (Å²) >= 11 is 0. The van der Waals surface area contributed by atoms with Gasteiger partial charge in [-0.3, -0.25) is 0 Å². The van der Waals surface area contributed by atoms with Crippen molar-refractivity contribution in [1.82, 2.24) is 5.32 Å². The molecule has 1 rings (SSSR count). The van der Waals surface area contributed by atoms with Crippen LogP contribution in [0.3, 0.4) is 0 Å². The average molecular weight is 282 g/mol. The lowest BCUT2D eigenvalue weighted by Crippen LogP contribution is -2.30. The molecule has 1 aromatic carbocycles. The van der Waals surface area contributed by atoms with Crippen molar-refractivity contribution in [3.05, 3.63) is 29.1 Å². The molecular weight excluding hydrogens is 271 g/mol. The highest BCUT2D eigenvalue weighted by atomic mass is 19.2. The Labute approximate surface area is 105 Å². The summed E-state index contributed by atoms with van der Waals surface area (Å²) in [5.41, 5.74) is -1.37. The highest BCUT2D eigenvalue weighted by Gasteiger charge is 2.26. The molecular formula is C11H11F5N2O. The van der Waals surface area contributed by atoms with Crippen LogP contribution in [-0.4, -0.2) is 12.6 Å². The molecule has 0 aromatic heterocycles. The number of anilines is 1. The van der Waals surface area contributed by atoms with E-state index in [2.05, 4.69) is 5.32 Å². The summed E-state index contributed by atoms with van der Waals surface area (Å²) in [5.74, 6) is -10.7. The van der Waals surface area contributed by atoms with Crippen LogP contribution < -0.4 is 10.6 Å². The zero-order valence-corrected chi connectivity index (χ0v) is 9.92. The smallest absolute Gasteiger partial charge is 0.319 e. The Morgan fingerprint density at radius 3 is 1.89 bits per heavy atom. The molecule has 0 bridgehead atoms. The van der Waals surface area contributed by atoms with Gasteiger partial charge in [0.2, 0.25) is 5.82 Å². The van der Waals surface area contributed by atoms with Crippen LogP contribution in [0.1, 0.15) is 19.8 Å². The molecule has 2 amide bonds. The third-order valence-electron chi connectivity index (χ3n) is 2.26. The number of unbranched alkanes of at least 4 members (excludes halogenated alkanes) is 1. The van der Waals surface area contributed by atoms with Crippen LogP contribution in [-0.2, 0) is 0 Å². The number of carbonyl (C=O) groups is 1. The molecule has 0 aliphatic heterocycles. The van der Waals surface area contributed by atoms with E-state index in [0.717, 1.165) is 6.42 Å². The average Bonchev–Trinajstić information content (AvgIpc) is 2.39. The maximum absolute atomic E-state index is 13.2. The van der Waals surface area contributed by atoms with Gasteiger partial charge >= 0.3 is 6.03 Å². The van der Waals surface area contributed by atoms with Crippen molar-refractivity contribution in [1.29, 1.82) is 0 Å². The second-order valence-electron chi connectivity index (χ2n) is 3.68. The number of hydrogen-bond acceptors (Lipinski definition) is 1. The van der Waals surface area contributed by atoms with E-state index in [-0.39, 0.29) is 6.54 Å². The minimum Gasteiger partial charge on any atom is -0.338 e. The lowest BCUT2D eigenvalue weighted by Gasteiger charge is -2.10. The minimum absolute atomic E-state index is 0.220. The number of urea groups is 1. The fourth-order valence-corrected chi connectivity index (χ4v) is 1.25. The summed E-state index contributed by atoms with van der Waals surface area (Å²) in [4.78, 5) is 11.2. The van der Waals surface area contributed by atoms with Crippen LogP contribution in [0.25, 0.3) is 0 Å². The molecule has 1 aromatic rings.